The van der Waals surface area contributed by atoms with E-state index in [1.165, 1.54) is 0 Å². The topological polar surface area (TPSA) is 0 Å². The normalized spacial score (nSPS) is 5.50. The van der Waals surface area contributed by atoms with Gasteiger partial charge in [0, 0.05) is 17.4 Å². The lowest BCUT2D eigenvalue weighted by Crippen LogP contribution is -1.50. The molecule has 6 heavy (non-hydrogen) atoms. The summed E-state index contributed by atoms with van der Waals surface area (Å²) in [7, 11) is 0. The molecule has 0 amide bonds. The Morgan fingerprint density at radius 2 is 1.83 bits per heavy atom. The van der Waals surface area contributed by atoms with Gasteiger partial charge in [0.05, 0.1) is 0 Å². The van der Waals surface area contributed by atoms with E-state index in [0.717, 1.165) is 5.57 Å². The fourth-order valence-electron chi connectivity index (χ4n) is 0. The highest BCUT2D eigenvalue weighted by Gasteiger charge is 1.59. The van der Waals surface area contributed by atoms with E-state index in [1.54, 1.807) is 6.08 Å². The lowest BCUT2D eigenvalue weighted by molar-refractivity contribution is 1.58. The van der Waals surface area contributed by atoms with Gasteiger partial charge in [0.2, 0.25) is 0 Å². The van der Waals surface area contributed by atoms with Gasteiger partial charge in [-0.1, -0.05) is 24.8 Å². The van der Waals surface area contributed by atoms with Crippen LogP contribution >= 0.6 is 0 Å². The van der Waals surface area contributed by atoms with Crippen LogP contribution in [0.4, 0.5) is 0 Å². The van der Waals surface area contributed by atoms with Crippen molar-refractivity contribution in [1.29, 1.82) is 0 Å². The van der Waals surface area contributed by atoms with Crippen LogP contribution in [0.1, 0.15) is 6.92 Å². The van der Waals surface area contributed by atoms with Crippen molar-refractivity contribution in [3.8, 4) is 0 Å². The minimum Gasteiger partial charge on any atom is -0.0988 e. The third kappa shape index (κ3) is 8.99. The maximum atomic E-state index is 3.56. The van der Waals surface area contributed by atoms with Crippen LogP contribution in [-0.2, 0) is 0 Å². The third-order valence-corrected chi connectivity index (χ3v) is 0.348. The average Bonchev–Trinajstić information content (AvgIpc) is 1.38. The minimum absolute atomic E-state index is 0. The highest BCUT2D eigenvalue weighted by atomic mass is 27.0. The van der Waals surface area contributed by atoms with Gasteiger partial charge in [-0.15, -0.1) is 0 Å². The van der Waals surface area contributed by atoms with Gasteiger partial charge in [-0.3, -0.25) is 0 Å². The number of hydrogen-bond acceptors (Lipinski definition) is 0. The molecule has 0 unspecified atom stereocenters. The van der Waals surface area contributed by atoms with E-state index in [-0.39, 0.29) is 17.4 Å². The second kappa shape index (κ2) is 5.01. The van der Waals surface area contributed by atoms with Crippen molar-refractivity contribution >= 4 is 17.4 Å². The molecule has 0 N–H and O–H groups in total. The Morgan fingerprint density at radius 3 is 1.83 bits per heavy atom. The molecule has 0 saturated heterocycles. The lowest BCUT2D eigenvalue weighted by Gasteiger charge is -1.71. The molecule has 1 heteroatoms. The Kier molecular flexibility index (Phi) is 7.84. The fourth-order valence-corrected chi connectivity index (χ4v) is 0. The van der Waals surface area contributed by atoms with Gasteiger partial charge in [-0.25, -0.2) is 0 Å². The Labute approximate surface area is 49.7 Å². The van der Waals surface area contributed by atoms with Crippen molar-refractivity contribution in [2.75, 3.05) is 0 Å². The van der Waals surface area contributed by atoms with Crippen molar-refractivity contribution in [3.63, 3.8) is 0 Å². The standard InChI is InChI=1S/C5H8.Al/c1-4-5(2)3;/h4H,1-2H2,3H3;. The van der Waals surface area contributed by atoms with Crippen LogP contribution < -0.4 is 0 Å². The number of allylic oxidation sites excluding steroid dienone is 2. The van der Waals surface area contributed by atoms with Gasteiger partial charge >= 0.3 is 0 Å². The Morgan fingerprint density at radius 1 is 1.67 bits per heavy atom. The first kappa shape index (κ1) is 9.38. The molecule has 0 atom stereocenters. The molecule has 0 aliphatic rings. The molecule has 0 heterocycles. The van der Waals surface area contributed by atoms with Gasteiger partial charge in [-0.2, -0.15) is 0 Å². The summed E-state index contributed by atoms with van der Waals surface area (Å²) in [4.78, 5) is 0. The van der Waals surface area contributed by atoms with Crippen molar-refractivity contribution in [2.24, 2.45) is 0 Å². The summed E-state index contributed by atoms with van der Waals surface area (Å²) in [5, 5.41) is 0. The number of rotatable bonds is 1. The molecule has 0 aromatic carbocycles. The van der Waals surface area contributed by atoms with Gasteiger partial charge in [-0.05, 0) is 6.92 Å². The average molecular weight is 95.1 g/mol. The van der Waals surface area contributed by atoms with Gasteiger partial charge in [0.25, 0.3) is 0 Å². The van der Waals surface area contributed by atoms with Gasteiger partial charge < -0.3 is 0 Å². The second-order valence-corrected chi connectivity index (χ2v) is 1.05. The lowest BCUT2D eigenvalue weighted by atomic mass is 10.4. The smallest absolute Gasteiger partial charge is 0 e. The van der Waals surface area contributed by atoms with Gasteiger partial charge in [0.15, 0.2) is 0 Å². The van der Waals surface area contributed by atoms with E-state index in [1.807, 2.05) is 6.92 Å². The monoisotopic (exact) mass is 95.0 g/mol. The quantitative estimate of drug-likeness (QED) is 0.341. The van der Waals surface area contributed by atoms with E-state index >= 15 is 0 Å². The molecule has 31 valence electrons. The first-order chi connectivity index (χ1) is 2.27. The van der Waals surface area contributed by atoms with Crippen LogP contribution in [0, 0.1) is 0 Å². The largest absolute Gasteiger partial charge is 0.0988 e. The Bertz CT molecular complexity index is 55.0. The predicted molar refractivity (Wildman–Crippen MR) is 30.8 cm³/mol. The second-order valence-electron chi connectivity index (χ2n) is 1.05. The van der Waals surface area contributed by atoms with Crippen molar-refractivity contribution in [1.82, 2.24) is 0 Å². The zero-order chi connectivity index (χ0) is 4.28. The summed E-state index contributed by atoms with van der Waals surface area (Å²) in [5.74, 6) is 0. The molecule has 0 aromatic heterocycles. The molecule has 0 aliphatic carbocycles. The molecule has 0 rings (SSSR count). The molecule has 0 aromatic rings. The summed E-state index contributed by atoms with van der Waals surface area (Å²) in [6, 6.07) is 0. The van der Waals surface area contributed by atoms with E-state index in [2.05, 4.69) is 13.2 Å². The first-order valence-corrected chi connectivity index (χ1v) is 1.55. The molecule has 0 spiro atoms. The molecule has 0 saturated carbocycles. The zero-order valence-corrected chi connectivity index (χ0v) is 5.22. The summed E-state index contributed by atoms with van der Waals surface area (Å²) >= 11 is 0. The Balaban J connectivity index is 0. The SMILES string of the molecule is C=CC(=C)C.[Al]. The third-order valence-electron chi connectivity index (χ3n) is 0.348. The van der Waals surface area contributed by atoms with E-state index in [4.69, 9.17) is 0 Å². The zero-order valence-electron chi connectivity index (χ0n) is 4.07. The molecule has 0 bridgehead atoms. The highest BCUT2D eigenvalue weighted by Crippen LogP contribution is 1.81. The molecular weight excluding hydrogens is 87.0 g/mol. The summed E-state index contributed by atoms with van der Waals surface area (Å²) < 4.78 is 0. The minimum atomic E-state index is 0. The highest BCUT2D eigenvalue weighted by molar-refractivity contribution is 5.75. The molecule has 0 aliphatic heterocycles. The van der Waals surface area contributed by atoms with Crippen LogP contribution in [0.2, 0.25) is 0 Å². The summed E-state index contributed by atoms with van der Waals surface area (Å²) in [5.41, 5.74) is 1.02. The molecule has 0 nitrogen and oxygen atoms in total. The first-order valence-electron chi connectivity index (χ1n) is 1.55. The molecular formula is C5H8Al. The van der Waals surface area contributed by atoms with Gasteiger partial charge in [0.1, 0.15) is 0 Å². The van der Waals surface area contributed by atoms with Crippen molar-refractivity contribution < 1.29 is 0 Å². The maximum absolute atomic E-state index is 3.56. The number of hydrogen-bond donors (Lipinski definition) is 0. The van der Waals surface area contributed by atoms with E-state index in [9.17, 15) is 0 Å². The fraction of sp³-hybridized carbons (Fsp3) is 0.200. The van der Waals surface area contributed by atoms with Crippen LogP contribution in [-0.4, -0.2) is 17.4 Å². The maximum Gasteiger partial charge on any atom is 0 e. The molecule has 0 fully saturated rings. The van der Waals surface area contributed by atoms with Crippen LogP contribution in [0.15, 0.2) is 24.8 Å². The van der Waals surface area contributed by atoms with Crippen molar-refractivity contribution in [3.05, 3.63) is 24.8 Å². The van der Waals surface area contributed by atoms with E-state index < -0.39 is 0 Å². The molecule has 3 radical (unpaired) electrons. The van der Waals surface area contributed by atoms with Crippen LogP contribution in [0.5, 0.6) is 0 Å². The van der Waals surface area contributed by atoms with Crippen LogP contribution in [0.25, 0.3) is 0 Å². The predicted octanol–water partition coefficient (Wildman–Crippen LogP) is 1.37. The van der Waals surface area contributed by atoms with Crippen LogP contribution in [0.3, 0.4) is 0 Å². The summed E-state index contributed by atoms with van der Waals surface area (Å²) in [6.45, 7) is 8.93. The summed E-state index contributed by atoms with van der Waals surface area (Å²) in [6.07, 6.45) is 1.72. The van der Waals surface area contributed by atoms with Crippen molar-refractivity contribution in [2.45, 2.75) is 6.92 Å². The van der Waals surface area contributed by atoms with E-state index in [0.29, 0.717) is 0 Å². The Hall–Kier alpha value is 0.0125.